The first-order chi connectivity index (χ1) is 10.2. The van der Waals surface area contributed by atoms with E-state index in [2.05, 4.69) is 5.32 Å². The van der Waals surface area contributed by atoms with Gasteiger partial charge in [-0.2, -0.15) is 0 Å². The minimum atomic E-state index is -0.164. The van der Waals surface area contributed by atoms with Crippen molar-refractivity contribution in [2.45, 2.75) is 37.8 Å². The van der Waals surface area contributed by atoms with Crippen LogP contribution in [0.5, 0.6) is 0 Å². The standard InChI is InChI=1S/C16H22ClNO3/c1-20-11-15(12-5-7-13(17)8-6-12)18-16(19)10-14-4-2-3-9-21-14/h5-8,14-15H,2-4,9-11H2,1H3,(H,18,19)/t14-,15+/m0/s1. The van der Waals surface area contributed by atoms with Gasteiger partial charge >= 0.3 is 0 Å². The molecule has 1 aromatic rings. The largest absolute Gasteiger partial charge is 0.382 e. The van der Waals surface area contributed by atoms with Crippen molar-refractivity contribution >= 4 is 17.5 Å². The van der Waals surface area contributed by atoms with Crippen molar-refractivity contribution in [1.82, 2.24) is 5.32 Å². The van der Waals surface area contributed by atoms with Crippen LogP contribution in [-0.4, -0.2) is 32.3 Å². The van der Waals surface area contributed by atoms with Gasteiger partial charge in [0, 0.05) is 18.7 Å². The Labute approximate surface area is 130 Å². The maximum absolute atomic E-state index is 12.2. The lowest BCUT2D eigenvalue weighted by atomic mass is 10.0. The van der Waals surface area contributed by atoms with Crippen LogP contribution < -0.4 is 5.32 Å². The highest BCUT2D eigenvalue weighted by Gasteiger charge is 2.20. The number of rotatable bonds is 6. The molecular formula is C16H22ClNO3. The predicted molar refractivity (Wildman–Crippen MR) is 82.4 cm³/mol. The average Bonchev–Trinajstić information content (AvgIpc) is 2.48. The molecule has 21 heavy (non-hydrogen) atoms. The molecule has 0 bridgehead atoms. The molecule has 1 aliphatic heterocycles. The molecule has 0 aromatic heterocycles. The summed E-state index contributed by atoms with van der Waals surface area (Å²) in [4.78, 5) is 12.2. The van der Waals surface area contributed by atoms with Gasteiger partial charge in [-0.1, -0.05) is 23.7 Å². The van der Waals surface area contributed by atoms with Crippen LogP contribution in [0.4, 0.5) is 0 Å². The number of nitrogens with one attached hydrogen (secondary N) is 1. The Balaban J connectivity index is 1.91. The van der Waals surface area contributed by atoms with Gasteiger partial charge in [-0.05, 0) is 37.0 Å². The number of benzene rings is 1. The fourth-order valence-corrected chi connectivity index (χ4v) is 2.64. The molecule has 116 valence electrons. The number of ether oxygens (including phenoxy) is 2. The molecular weight excluding hydrogens is 290 g/mol. The van der Waals surface area contributed by atoms with E-state index in [4.69, 9.17) is 21.1 Å². The van der Waals surface area contributed by atoms with E-state index < -0.39 is 0 Å². The Morgan fingerprint density at radius 1 is 1.43 bits per heavy atom. The predicted octanol–water partition coefficient (Wildman–Crippen LogP) is 3.10. The average molecular weight is 312 g/mol. The van der Waals surface area contributed by atoms with Crippen molar-refractivity contribution < 1.29 is 14.3 Å². The van der Waals surface area contributed by atoms with Gasteiger partial charge in [-0.3, -0.25) is 4.79 Å². The van der Waals surface area contributed by atoms with Gasteiger partial charge in [0.15, 0.2) is 0 Å². The molecule has 1 N–H and O–H groups in total. The van der Waals surface area contributed by atoms with Crippen molar-refractivity contribution in [3.05, 3.63) is 34.9 Å². The van der Waals surface area contributed by atoms with Crippen molar-refractivity contribution in [1.29, 1.82) is 0 Å². The Bertz CT molecular complexity index is 443. The maximum Gasteiger partial charge on any atom is 0.223 e. The zero-order chi connectivity index (χ0) is 15.1. The summed E-state index contributed by atoms with van der Waals surface area (Å²) < 4.78 is 10.8. The van der Waals surface area contributed by atoms with Gasteiger partial charge in [-0.15, -0.1) is 0 Å². The Morgan fingerprint density at radius 2 is 2.19 bits per heavy atom. The van der Waals surface area contributed by atoms with E-state index in [0.29, 0.717) is 18.1 Å². The first-order valence-electron chi connectivity index (χ1n) is 7.34. The van der Waals surface area contributed by atoms with E-state index in [-0.39, 0.29) is 18.1 Å². The molecule has 0 spiro atoms. The minimum absolute atomic E-state index is 0.00102. The first-order valence-corrected chi connectivity index (χ1v) is 7.72. The molecule has 1 aromatic carbocycles. The Kier molecular flexibility index (Phi) is 6.49. The van der Waals surface area contributed by atoms with E-state index in [0.717, 1.165) is 31.4 Å². The second kappa shape index (κ2) is 8.37. The third-order valence-corrected chi connectivity index (χ3v) is 3.88. The first kappa shape index (κ1) is 16.3. The van der Waals surface area contributed by atoms with Crippen molar-refractivity contribution in [2.75, 3.05) is 20.3 Å². The Hall–Kier alpha value is -1.10. The summed E-state index contributed by atoms with van der Waals surface area (Å²) in [6, 6.07) is 7.28. The molecule has 2 atom stereocenters. The molecule has 1 aliphatic rings. The summed E-state index contributed by atoms with van der Waals surface area (Å²) in [5, 5.41) is 3.69. The monoisotopic (exact) mass is 311 g/mol. The van der Waals surface area contributed by atoms with Crippen LogP contribution >= 0.6 is 11.6 Å². The summed E-state index contributed by atoms with van der Waals surface area (Å²) in [5.74, 6) is -0.00102. The summed E-state index contributed by atoms with van der Waals surface area (Å²) in [6.45, 7) is 1.19. The van der Waals surface area contributed by atoms with Gasteiger partial charge in [0.25, 0.3) is 0 Å². The topological polar surface area (TPSA) is 47.6 Å². The summed E-state index contributed by atoms with van der Waals surface area (Å²) >= 11 is 5.89. The lowest BCUT2D eigenvalue weighted by molar-refractivity contribution is -0.126. The van der Waals surface area contributed by atoms with Crippen molar-refractivity contribution in [2.24, 2.45) is 0 Å². The number of amides is 1. The van der Waals surface area contributed by atoms with Crippen LogP contribution in [0.1, 0.15) is 37.3 Å². The molecule has 0 unspecified atom stereocenters. The van der Waals surface area contributed by atoms with Gasteiger partial charge in [0.1, 0.15) is 0 Å². The fourth-order valence-electron chi connectivity index (χ4n) is 2.51. The third-order valence-electron chi connectivity index (χ3n) is 3.63. The summed E-state index contributed by atoms with van der Waals surface area (Å²) in [7, 11) is 1.62. The van der Waals surface area contributed by atoms with E-state index >= 15 is 0 Å². The second-order valence-electron chi connectivity index (χ2n) is 5.32. The number of halogens is 1. The maximum atomic E-state index is 12.2. The Morgan fingerprint density at radius 3 is 2.81 bits per heavy atom. The number of carbonyl (C=O) groups excluding carboxylic acids is 1. The van der Waals surface area contributed by atoms with Gasteiger partial charge in [0.2, 0.25) is 5.91 Å². The van der Waals surface area contributed by atoms with Crippen LogP contribution in [0.3, 0.4) is 0 Å². The summed E-state index contributed by atoms with van der Waals surface area (Å²) in [6.07, 6.45) is 3.65. The molecule has 1 fully saturated rings. The number of hydrogen-bond donors (Lipinski definition) is 1. The SMILES string of the molecule is COC[C@@H](NC(=O)C[C@@H]1CCCCO1)c1ccc(Cl)cc1. The highest BCUT2D eigenvalue weighted by atomic mass is 35.5. The van der Waals surface area contributed by atoms with Crippen LogP contribution in [0, 0.1) is 0 Å². The normalized spacial score (nSPS) is 20.0. The lowest BCUT2D eigenvalue weighted by Gasteiger charge is -2.24. The van der Waals surface area contributed by atoms with Gasteiger partial charge < -0.3 is 14.8 Å². The highest BCUT2D eigenvalue weighted by molar-refractivity contribution is 6.30. The van der Waals surface area contributed by atoms with Crippen molar-refractivity contribution in [3.63, 3.8) is 0 Å². The number of methoxy groups -OCH3 is 1. The van der Waals surface area contributed by atoms with E-state index in [1.54, 1.807) is 7.11 Å². The number of carbonyl (C=O) groups is 1. The molecule has 5 heteroatoms. The van der Waals surface area contributed by atoms with Crippen LogP contribution in [0.15, 0.2) is 24.3 Å². The molecule has 1 saturated heterocycles. The summed E-state index contributed by atoms with van der Waals surface area (Å²) in [5.41, 5.74) is 0.985. The van der Waals surface area contributed by atoms with Gasteiger partial charge in [0.05, 0.1) is 25.2 Å². The molecule has 4 nitrogen and oxygen atoms in total. The highest BCUT2D eigenvalue weighted by Crippen LogP contribution is 2.19. The van der Waals surface area contributed by atoms with Crippen LogP contribution in [0.25, 0.3) is 0 Å². The lowest BCUT2D eigenvalue weighted by Crippen LogP contribution is -2.34. The van der Waals surface area contributed by atoms with Crippen LogP contribution in [0.2, 0.25) is 5.02 Å². The molecule has 2 rings (SSSR count). The molecule has 0 saturated carbocycles. The molecule has 1 amide bonds. The van der Waals surface area contributed by atoms with Crippen LogP contribution in [-0.2, 0) is 14.3 Å². The second-order valence-corrected chi connectivity index (χ2v) is 5.76. The van der Waals surface area contributed by atoms with Crippen molar-refractivity contribution in [3.8, 4) is 0 Å². The van der Waals surface area contributed by atoms with E-state index in [1.165, 1.54) is 0 Å². The number of hydrogen-bond acceptors (Lipinski definition) is 3. The van der Waals surface area contributed by atoms with Gasteiger partial charge in [-0.25, -0.2) is 0 Å². The zero-order valence-electron chi connectivity index (χ0n) is 12.3. The van der Waals surface area contributed by atoms with E-state index in [9.17, 15) is 4.79 Å². The zero-order valence-corrected chi connectivity index (χ0v) is 13.1. The quantitative estimate of drug-likeness (QED) is 0.878. The fraction of sp³-hybridized carbons (Fsp3) is 0.562. The molecule has 0 radical (unpaired) electrons. The molecule has 0 aliphatic carbocycles. The third kappa shape index (κ3) is 5.30. The molecule has 1 heterocycles. The minimum Gasteiger partial charge on any atom is -0.382 e. The van der Waals surface area contributed by atoms with E-state index in [1.807, 2.05) is 24.3 Å². The smallest absolute Gasteiger partial charge is 0.223 e.